The maximum absolute atomic E-state index is 13.4. The minimum absolute atomic E-state index is 0.0170. The van der Waals surface area contributed by atoms with Crippen molar-refractivity contribution < 1.29 is 13.9 Å². The maximum Gasteiger partial charge on any atom is 0.220 e. The van der Waals surface area contributed by atoms with E-state index in [0.717, 1.165) is 28.5 Å². The molecule has 170 valence electrons. The molecule has 0 aliphatic rings. The summed E-state index contributed by atoms with van der Waals surface area (Å²) in [5, 5.41) is 4.11. The molecule has 1 aromatic heterocycles. The first-order valence-corrected chi connectivity index (χ1v) is 11.3. The van der Waals surface area contributed by atoms with Crippen molar-refractivity contribution >= 4 is 16.8 Å². The highest BCUT2D eigenvalue weighted by molar-refractivity contribution is 5.86. The van der Waals surface area contributed by atoms with Crippen molar-refractivity contribution in [2.75, 3.05) is 20.3 Å². The summed E-state index contributed by atoms with van der Waals surface area (Å²) >= 11 is 0. The molecule has 0 aliphatic heterocycles. The monoisotopic (exact) mass is 444 g/mol. The van der Waals surface area contributed by atoms with Gasteiger partial charge < -0.3 is 14.6 Å². The van der Waals surface area contributed by atoms with Gasteiger partial charge in [-0.2, -0.15) is 0 Å². The summed E-state index contributed by atoms with van der Waals surface area (Å²) in [6.07, 6.45) is 3.32. The first kappa shape index (κ1) is 22.7. The molecule has 4 nitrogen and oxygen atoms in total. The van der Waals surface area contributed by atoms with Gasteiger partial charge in [-0.15, -0.1) is 0 Å². The number of carbonyl (C=O) groups is 1. The third kappa shape index (κ3) is 5.88. The van der Waals surface area contributed by atoms with Gasteiger partial charge in [-0.3, -0.25) is 4.79 Å². The average molecular weight is 445 g/mol. The number of methoxy groups -OCH3 is 1. The number of para-hydroxylation sites is 1. The molecule has 0 radical (unpaired) electrons. The van der Waals surface area contributed by atoms with Crippen LogP contribution in [-0.2, 0) is 22.5 Å². The molecule has 5 heteroatoms. The Kier molecular flexibility index (Phi) is 7.53. The molecule has 0 unspecified atom stereocenters. The highest BCUT2D eigenvalue weighted by Gasteiger charge is 2.21. The highest BCUT2D eigenvalue weighted by Crippen LogP contribution is 2.33. The number of carbonyl (C=O) groups excluding carboxylic acids is 1. The molecule has 3 aromatic carbocycles. The number of fused-ring (bicyclic) bond motifs is 1. The molecule has 1 amide bonds. The molecule has 1 atom stereocenters. The van der Waals surface area contributed by atoms with Crippen LogP contribution in [0.15, 0.2) is 85.1 Å². The van der Waals surface area contributed by atoms with E-state index in [9.17, 15) is 9.18 Å². The number of ether oxygens (including phenoxy) is 1. The number of hydrogen-bond acceptors (Lipinski definition) is 2. The topological polar surface area (TPSA) is 43.3 Å². The molecule has 0 fully saturated rings. The quantitative estimate of drug-likeness (QED) is 0.337. The molecule has 4 rings (SSSR count). The zero-order valence-corrected chi connectivity index (χ0v) is 18.8. The number of benzene rings is 3. The van der Waals surface area contributed by atoms with Gasteiger partial charge in [0.25, 0.3) is 0 Å². The van der Waals surface area contributed by atoms with Crippen LogP contribution in [0, 0.1) is 5.82 Å². The van der Waals surface area contributed by atoms with E-state index in [4.69, 9.17) is 4.74 Å². The SMILES string of the molecule is COCCNC(=O)C[C@@H](Cc1ccccc1)c1cn(Cc2ccc(F)cc2)c2ccccc12. The second-order valence-corrected chi connectivity index (χ2v) is 8.29. The van der Waals surface area contributed by atoms with Crippen LogP contribution in [0.1, 0.15) is 29.0 Å². The normalized spacial score (nSPS) is 12.1. The van der Waals surface area contributed by atoms with Crippen LogP contribution in [0.25, 0.3) is 10.9 Å². The van der Waals surface area contributed by atoms with Gasteiger partial charge in [-0.1, -0.05) is 60.7 Å². The van der Waals surface area contributed by atoms with Crippen molar-refractivity contribution in [2.24, 2.45) is 0 Å². The summed E-state index contributed by atoms with van der Waals surface area (Å²) in [5.74, 6) is -0.197. The summed E-state index contributed by atoms with van der Waals surface area (Å²) in [6, 6.07) is 25.2. The van der Waals surface area contributed by atoms with Gasteiger partial charge in [-0.05, 0) is 47.2 Å². The first-order chi connectivity index (χ1) is 16.1. The number of amides is 1. The zero-order valence-electron chi connectivity index (χ0n) is 18.8. The van der Waals surface area contributed by atoms with Gasteiger partial charge in [0.2, 0.25) is 5.91 Å². The Hall–Kier alpha value is -3.44. The second-order valence-electron chi connectivity index (χ2n) is 8.29. The lowest BCUT2D eigenvalue weighted by molar-refractivity contribution is -0.121. The van der Waals surface area contributed by atoms with Crippen molar-refractivity contribution in [1.29, 1.82) is 0 Å². The van der Waals surface area contributed by atoms with E-state index in [2.05, 4.69) is 40.3 Å². The Labute approximate surface area is 194 Å². The molecule has 1 heterocycles. The Morgan fingerprint density at radius 1 is 0.970 bits per heavy atom. The fourth-order valence-electron chi connectivity index (χ4n) is 4.30. The smallest absolute Gasteiger partial charge is 0.220 e. The van der Waals surface area contributed by atoms with E-state index in [0.29, 0.717) is 26.1 Å². The highest BCUT2D eigenvalue weighted by atomic mass is 19.1. The molecule has 0 spiro atoms. The predicted molar refractivity (Wildman–Crippen MR) is 130 cm³/mol. The Bertz CT molecular complexity index is 1190. The van der Waals surface area contributed by atoms with E-state index in [1.165, 1.54) is 17.7 Å². The third-order valence-corrected chi connectivity index (χ3v) is 5.91. The van der Waals surface area contributed by atoms with E-state index in [1.807, 2.05) is 42.5 Å². The first-order valence-electron chi connectivity index (χ1n) is 11.3. The number of rotatable bonds is 10. The van der Waals surface area contributed by atoms with Crippen LogP contribution in [-0.4, -0.2) is 30.7 Å². The van der Waals surface area contributed by atoms with Crippen LogP contribution in [0.2, 0.25) is 0 Å². The fourth-order valence-corrected chi connectivity index (χ4v) is 4.30. The van der Waals surface area contributed by atoms with Gasteiger partial charge >= 0.3 is 0 Å². The van der Waals surface area contributed by atoms with Crippen molar-refractivity contribution in [3.63, 3.8) is 0 Å². The number of nitrogens with one attached hydrogen (secondary N) is 1. The lowest BCUT2D eigenvalue weighted by Crippen LogP contribution is -2.28. The largest absolute Gasteiger partial charge is 0.383 e. The summed E-state index contributed by atoms with van der Waals surface area (Å²) in [5.41, 5.74) is 4.48. The lowest BCUT2D eigenvalue weighted by Gasteiger charge is -2.17. The number of hydrogen-bond donors (Lipinski definition) is 1. The molecule has 4 aromatic rings. The van der Waals surface area contributed by atoms with Crippen LogP contribution in [0.5, 0.6) is 0 Å². The number of nitrogens with zero attached hydrogens (tertiary/aromatic N) is 1. The number of aromatic nitrogens is 1. The summed E-state index contributed by atoms with van der Waals surface area (Å²) in [4.78, 5) is 12.7. The van der Waals surface area contributed by atoms with Crippen LogP contribution in [0.4, 0.5) is 4.39 Å². The number of halogens is 1. The van der Waals surface area contributed by atoms with Crippen molar-refractivity contribution in [3.8, 4) is 0 Å². The minimum atomic E-state index is -0.237. The molecule has 1 N–H and O–H groups in total. The predicted octanol–water partition coefficient (Wildman–Crippen LogP) is 5.31. The average Bonchev–Trinajstić information content (AvgIpc) is 3.19. The van der Waals surface area contributed by atoms with Gasteiger partial charge in [-0.25, -0.2) is 4.39 Å². The molecular formula is C28H29FN2O2. The van der Waals surface area contributed by atoms with Gasteiger partial charge in [0, 0.05) is 43.7 Å². The van der Waals surface area contributed by atoms with E-state index >= 15 is 0 Å². The molecule has 0 aliphatic carbocycles. The molecule has 0 saturated heterocycles. The standard InChI is InChI=1S/C28H29FN2O2/c1-33-16-15-30-28(32)18-23(17-21-7-3-2-4-8-21)26-20-31(27-10-6-5-9-25(26)27)19-22-11-13-24(29)14-12-22/h2-14,20,23H,15-19H2,1H3,(H,30,32)/t23-/m1/s1. The van der Waals surface area contributed by atoms with Crippen LogP contribution in [0.3, 0.4) is 0 Å². The Morgan fingerprint density at radius 2 is 1.70 bits per heavy atom. The molecular weight excluding hydrogens is 415 g/mol. The van der Waals surface area contributed by atoms with Crippen LogP contribution < -0.4 is 5.32 Å². The Balaban J connectivity index is 1.67. The second kappa shape index (κ2) is 10.9. The van der Waals surface area contributed by atoms with Crippen LogP contribution >= 0.6 is 0 Å². The van der Waals surface area contributed by atoms with E-state index < -0.39 is 0 Å². The summed E-state index contributed by atoms with van der Waals surface area (Å²) in [6.45, 7) is 1.63. The van der Waals surface area contributed by atoms with Crippen molar-refractivity contribution in [1.82, 2.24) is 9.88 Å². The Morgan fingerprint density at radius 3 is 2.45 bits per heavy atom. The third-order valence-electron chi connectivity index (χ3n) is 5.91. The minimum Gasteiger partial charge on any atom is -0.383 e. The molecule has 0 bridgehead atoms. The zero-order chi connectivity index (χ0) is 23.0. The van der Waals surface area contributed by atoms with Gasteiger partial charge in [0.05, 0.1) is 6.61 Å². The maximum atomic E-state index is 13.4. The molecule has 33 heavy (non-hydrogen) atoms. The van der Waals surface area contributed by atoms with Crippen molar-refractivity contribution in [2.45, 2.75) is 25.3 Å². The van der Waals surface area contributed by atoms with Gasteiger partial charge in [0.1, 0.15) is 5.82 Å². The lowest BCUT2D eigenvalue weighted by atomic mass is 9.88. The summed E-state index contributed by atoms with van der Waals surface area (Å²) in [7, 11) is 1.63. The fraction of sp³-hybridized carbons (Fsp3) is 0.250. The molecule has 0 saturated carbocycles. The van der Waals surface area contributed by atoms with Crippen molar-refractivity contribution in [3.05, 3.63) is 108 Å². The van der Waals surface area contributed by atoms with Gasteiger partial charge in [0.15, 0.2) is 0 Å². The van der Waals surface area contributed by atoms with E-state index in [-0.39, 0.29) is 17.6 Å². The summed E-state index contributed by atoms with van der Waals surface area (Å²) < 4.78 is 20.6. The van der Waals surface area contributed by atoms with E-state index in [1.54, 1.807) is 7.11 Å².